The fourth-order valence-electron chi connectivity index (χ4n) is 3.61. The van der Waals surface area contributed by atoms with Gasteiger partial charge in [-0.2, -0.15) is 13.2 Å². The van der Waals surface area contributed by atoms with Crippen molar-refractivity contribution in [2.45, 2.75) is 24.0 Å². The number of pyridine rings is 1. The number of benzene rings is 1. The molecule has 0 unspecified atom stereocenters. The molecule has 0 radical (unpaired) electrons. The lowest BCUT2D eigenvalue weighted by atomic mass is 10.1. The van der Waals surface area contributed by atoms with Crippen LogP contribution in [0.15, 0.2) is 35.5 Å². The van der Waals surface area contributed by atoms with Crippen molar-refractivity contribution >= 4 is 40.6 Å². The molecule has 180 valence electrons. The molecule has 1 N–H and O–H groups in total. The highest BCUT2D eigenvalue weighted by Crippen LogP contribution is 2.39. The lowest BCUT2D eigenvalue weighted by molar-refractivity contribution is -0.137. The summed E-state index contributed by atoms with van der Waals surface area (Å²) in [5.41, 5.74) is -0.599. The molecule has 1 amide bonds. The summed E-state index contributed by atoms with van der Waals surface area (Å²) in [5, 5.41) is 2.74. The van der Waals surface area contributed by atoms with Crippen molar-refractivity contribution in [1.29, 1.82) is 0 Å². The normalized spacial score (nSPS) is 15.6. The van der Waals surface area contributed by atoms with E-state index in [0.29, 0.717) is 30.2 Å². The number of rotatable bonds is 6. The number of carbonyl (C=O) groups is 1. The van der Waals surface area contributed by atoms with Gasteiger partial charge in [-0.15, -0.1) is 11.8 Å². The Morgan fingerprint density at radius 1 is 1.21 bits per heavy atom. The predicted octanol–water partition coefficient (Wildman–Crippen LogP) is 5.51. The summed E-state index contributed by atoms with van der Waals surface area (Å²) in [7, 11) is 0. The van der Waals surface area contributed by atoms with Crippen LogP contribution in [0.4, 0.5) is 33.3 Å². The van der Waals surface area contributed by atoms with Gasteiger partial charge in [-0.25, -0.2) is 13.8 Å². The largest absolute Gasteiger partial charge is 0.417 e. The van der Waals surface area contributed by atoms with Gasteiger partial charge in [-0.3, -0.25) is 9.69 Å². The highest BCUT2D eigenvalue weighted by Gasteiger charge is 2.35. The van der Waals surface area contributed by atoms with Crippen molar-refractivity contribution in [3.8, 4) is 0 Å². The van der Waals surface area contributed by atoms with Crippen molar-refractivity contribution < 1.29 is 26.7 Å². The highest BCUT2D eigenvalue weighted by atomic mass is 35.5. The Bertz CT molecular complexity index is 992. The van der Waals surface area contributed by atoms with Gasteiger partial charge in [0.15, 0.2) is 0 Å². The Morgan fingerprint density at radius 2 is 1.97 bits per heavy atom. The van der Waals surface area contributed by atoms with Crippen LogP contribution in [0.3, 0.4) is 0 Å². The summed E-state index contributed by atoms with van der Waals surface area (Å²) in [6.07, 6.45) is -3.43. The highest BCUT2D eigenvalue weighted by molar-refractivity contribution is 7.98. The molecule has 3 rings (SSSR count). The van der Waals surface area contributed by atoms with Crippen LogP contribution in [0.25, 0.3) is 0 Å². The summed E-state index contributed by atoms with van der Waals surface area (Å²) in [5.74, 6) is -0.632. The SMILES string of the molecule is CSc1cc(NC(=O)c2cc(Cl)c(C(F)(F)F)cc2N2CCCN(CC(F)F)CC2)ccn1. The van der Waals surface area contributed by atoms with Gasteiger partial charge < -0.3 is 10.2 Å². The molecule has 1 saturated heterocycles. The van der Waals surface area contributed by atoms with Gasteiger partial charge in [-0.1, -0.05) is 11.6 Å². The van der Waals surface area contributed by atoms with Crippen LogP contribution in [0.5, 0.6) is 0 Å². The van der Waals surface area contributed by atoms with E-state index in [1.54, 1.807) is 21.9 Å². The number of aromatic nitrogens is 1. The topological polar surface area (TPSA) is 48.5 Å². The fraction of sp³-hybridized carbons (Fsp3) is 0.429. The van der Waals surface area contributed by atoms with E-state index in [1.807, 2.05) is 6.26 Å². The van der Waals surface area contributed by atoms with Gasteiger partial charge in [-0.05, 0) is 36.9 Å². The molecular formula is C21H22ClF5N4OS. The second-order valence-electron chi connectivity index (χ2n) is 7.42. The first-order valence-corrected chi connectivity index (χ1v) is 11.7. The van der Waals surface area contributed by atoms with E-state index in [1.165, 1.54) is 18.0 Å². The number of nitrogens with one attached hydrogen (secondary N) is 1. The number of halogens is 6. The molecule has 0 aliphatic carbocycles. The van der Waals surface area contributed by atoms with Gasteiger partial charge >= 0.3 is 6.18 Å². The average Bonchev–Trinajstić information content (AvgIpc) is 2.97. The number of hydrogen-bond donors (Lipinski definition) is 1. The molecule has 1 fully saturated rings. The maximum Gasteiger partial charge on any atom is 0.417 e. The van der Waals surface area contributed by atoms with Gasteiger partial charge in [0.1, 0.15) is 0 Å². The quantitative estimate of drug-likeness (QED) is 0.412. The van der Waals surface area contributed by atoms with E-state index in [4.69, 9.17) is 11.6 Å². The molecule has 2 aromatic rings. The molecule has 12 heteroatoms. The van der Waals surface area contributed by atoms with Gasteiger partial charge in [0.05, 0.1) is 33.4 Å². The van der Waals surface area contributed by atoms with E-state index >= 15 is 0 Å². The maximum atomic E-state index is 13.5. The molecule has 1 aromatic heterocycles. The minimum atomic E-state index is -4.72. The molecule has 0 bridgehead atoms. The number of hydrogen-bond acceptors (Lipinski definition) is 5. The van der Waals surface area contributed by atoms with Crippen LogP contribution in [0, 0.1) is 0 Å². The van der Waals surface area contributed by atoms with Crippen LogP contribution in [-0.4, -0.2) is 61.2 Å². The van der Waals surface area contributed by atoms with Crippen LogP contribution < -0.4 is 10.2 Å². The lowest BCUT2D eigenvalue weighted by Crippen LogP contribution is -2.34. The third kappa shape index (κ3) is 6.70. The van der Waals surface area contributed by atoms with Gasteiger partial charge in [0.2, 0.25) is 0 Å². The number of amides is 1. The first kappa shape index (κ1) is 25.5. The summed E-state index contributed by atoms with van der Waals surface area (Å²) in [4.78, 5) is 20.4. The first-order valence-electron chi connectivity index (χ1n) is 10.1. The summed E-state index contributed by atoms with van der Waals surface area (Å²) >= 11 is 7.28. The van der Waals surface area contributed by atoms with Crippen LogP contribution in [-0.2, 0) is 6.18 Å². The molecule has 0 spiro atoms. The zero-order valence-corrected chi connectivity index (χ0v) is 19.2. The van der Waals surface area contributed by atoms with Crippen molar-refractivity contribution in [3.63, 3.8) is 0 Å². The van der Waals surface area contributed by atoms with Crippen molar-refractivity contribution in [1.82, 2.24) is 9.88 Å². The standard InChI is InChI=1S/C21H22ClF5N4OS/c1-33-19-9-13(3-4-28-19)29-20(32)14-10-16(22)15(21(25,26)27)11-17(14)31-6-2-5-30(7-8-31)12-18(23)24/h3-4,9-11,18H,2,5-8,12H2,1H3,(H,28,29,32). The van der Waals surface area contributed by atoms with Crippen molar-refractivity contribution in [3.05, 3.63) is 46.6 Å². The average molecular weight is 509 g/mol. The van der Waals surface area contributed by atoms with Gasteiger partial charge in [0, 0.05) is 38.1 Å². The number of anilines is 2. The first-order chi connectivity index (χ1) is 15.6. The number of thioether (sulfide) groups is 1. The second-order valence-corrected chi connectivity index (χ2v) is 8.65. The predicted molar refractivity (Wildman–Crippen MR) is 120 cm³/mol. The number of carbonyl (C=O) groups excluding carboxylic acids is 1. The number of nitrogens with zero attached hydrogens (tertiary/aromatic N) is 3. The summed E-state index contributed by atoms with van der Waals surface area (Å²) in [6.45, 7) is 0.714. The third-order valence-electron chi connectivity index (χ3n) is 5.16. The van der Waals surface area contributed by atoms with E-state index in [9.17, 15) is 26.7 Å². The molecule has 5 nitrogen and oxygen atoms in total. The summed E-state index contributed by atoms with van der Waals surface area (Å²) in [6, 6.07) is 5.08. The van der Waals surface area contributed by atoms with Crippen molar-refractivity contribution in [2.24, 2.45) is 0 Å². The van der Waals surface area contributed by atoms with Crippen molar-refractivity contribution in [2.75, 3.05) is 49.2 Å². The van der Waals surface area contributed by atoms with E-state index in [-0.39, 0.29) is 24.3 Å². The Balaban J connectivity index is 1.95. The molecule has 1 aliphatic rings. The fourth-order valence-corrected chi connectivity index (χ4v) is 4.29. The third-order valence-corrected chi connectivity index (χ3v) is 6.12. The molecule has 33 heavy (non-hydrogen) atoms. The van der Waals surface area contributed by atoms with Crippen LogP contribution >= 0.6 is 23.4 Å². The number of alkyl halides is 5. The Kier molecular flexibility index (Phi) is 8.41. The Labute approximate surface area is 197 Å². The molecular weight excluding hydrogens is 487 g/mol. The molecule has 0 saturated carbocycles. The van der Waals surface area contributed by atoms with E-state index in [0.717, 1.165) is 12.1 Å². The Hall–Kier alpha value is -2.11. The molecule has 2 heterocycles. The molecule has 0 atom stereocenters. The van der Waals surface area contributed by atoms with Crippen LogP contribution in [0.1, 0.15) is 22.3 Å². The van der Waals surface area contributed by atoms with Gasteiger partial charge in [0.25, 0.3) is 12.3 Å². The summed E-state index contributed by atoms with van der Waals surface area (Å²) < 4.78 is 66.2. The zero-order chi connectivity index (χ0) is 24.2. The van der Waals surface area contributed by atoms with Crippen LogP contribution in [0.2, 0.25) is 5.02 Å². The molecule has 1 aromatic carbocycles. The monoisotopic (exact) mass is 508 g/mol. The Morgan fingerprint density at radius 3 is 2.64 bits per heavy atom. The van der Waals surface area contributed by atoms with E-state index < -0.39 is 35.6 Å². The maximum absolute atomic E-state index is 13.5. The van der Waals surface area contributed by atoms with E-state index in [2.05, 4.69) is 10.3 Å². The zero-order valence-electron chi connectivity index (χ0n) is 17.6. The molecule has 1 aliphatic heterocycles. The minimum Gasteiger partial charge on any atom is -0.370 e. The second kappa shape index (κ2) is 10.9. The smallest absolute Gasteiger partial charge is 0.370 e. The lowest BCUT2D eigenvalue weighted by Gasteiger charge is -2.27. The minimum absolute atomic E-state index is 0.0298.